The largest absolute Gasteiger partial charge is 0.369 e. The van der Waals surface area contributed by atoms with Crippen molar-refractivity contribution in [3.8, 4) is 0 Å². The maximum absolute atomic E-state index is 11.2. The van der Waals surface area contributed by atoms with Crippen LogP contribution in [0, 0.1) is 0 Å². The maximum Gasteiger partial charge on any atom is 0.271 e. The third-order valence-corrected chi connectivity index (χ3v) is 3.29. The highest BCUT2D eigenvalue weighted by Gasteiger charge is 2.10. The Labute approximate surface area is 105 Å². The number of nitrogens with one attached hydrogen (secondary N) is 2. The van der Waals surface area contributed by atoms with E-state index in [0.29, 0.717) is 5.82 Å². The van der Waals surface area contributed by atoms with E-state index in [1.54, 1.807) is 0 Å². The molecule has 2 heterocycles. The van der Waals surface area contributed by atoms with Gasteiger partial charge in [0.05, 0.1) is 6.33 Å². The second kappa shape index (κ2) is 6.02. The zero-order chi connectivity index (χ0) is 12.1. The Bertz CT molecular complexity index is 414. The van der Waals surface area contributed by atoms with Crippen molar-refractivity contribution in [3.05, 3.63) is 21.7 Å². The zero-order valence-corrected chi connectivity index (χ0v) is 10.5. The Morgan fingerprint density at radius 3 is 3.00 bits per heavy atom. The molecule has 0 amide bonds. The molecule has 1 saturated heterocycles. The van der Waals surface area contributed by atoms with Crippen molar-refractivity contribution < 1.29 is 0 Å². The van der Waals surface area contributed by atoms with Gasteiger partial charge in [-0.05, 0) is 38.9 Å². The van der Waals surface area contributed by atoms with E-state index in [1.807, 2.05) is 0 Å². The maximum atomic E-state index is 11.2. The van der Waals surface area contributed by atoms with Gasteiger partial charge in [0.15, 0.2) is 5.82 Å². The summed E-state index contributed by atoms with van der Waals surface area (Å²) in [5.41, 5.74) is -0.302. The molecule has 0 bridgehead atoms. The molecule has 2 N–H and O–H groups in total. The third kappa shape index (κ3) is 3.44. The standard InChI is InChI=1S/C11H17ClN4O/c12-9-10(14-8-15-11(9)17)13-4-3-7-16-5-1-2-6-16/h8H,1-7H2,(H2,13,14,15,17). The Morgan fingerprint density at radius 1 is 1.47 bits per heavy atom. The van der Waals surface area contributed by atoms with E-state index in [4.69, 9.17) is 11.6 Å². The summed E-state index contributed by atoms with van der Waals surface area (Å²) >= 11 is 5.82. The van der Waals surface area contributed by atoms with Gasteiger partial charge in [-0.2, -0.15) is 0 Å². The molecule has 1 aromatic heterocycles. The number of aromatic amines is 1. The number of aromatic nitrogens is 2. The van der Waals surface area contributed by atoms with Crippen molar-refractivity contribution in [1.82, 2.24) is 14.9 Å². The molecule has 94 valence electrons. The summed E-state index contributed by atoms with van der Waals surface area (Å²) in [6.45, 7) is 4.30. The van der Waals surface area contributed by atoms with Crippen molar-refractivity contribution in [2.75, 3.05) is 31.5 Å². The van der Waals surface area contributed by atoms with E-state index in [9.17, 15) is 4.79 Å². The molecule has 0 spiro atoms. The van der Waals surface area contributed by atoms with Crippen LogP contribution in [0.1, 0.15) is 19.3 Å². The first-order valence-electron chi connectivity index (χ1n) is 5.97. The molecular formula is C11H17ClN4O. The van der Waals surface area contributed by atoms with Crippen LogP contribution in [0.15, 0.2) is 11.1 Å². The van der Waals surface area contributed by atoms with Gasteiger partial charge in [-0.25, -0.2) is 4.98 Å². The molecule has 0 aliphatic carbocycles. The van der Waals surface area contributed by atoms with Gasteiger partial charge in [-0.3, -0.25) is 4.79 Å². The molecule has 1 aliphatic heterocycles. The number of likely N-dealkylation sites (tertiary alicyclic amines) is 1. The molecule has 0 unspecified atom stereocenters. The summed E-state index contributed by atoms with van der Waals surface area (Å²) in [5.74, 6) is 0.469. The van der Waals surface area contributed by atoms with Gasteiger partial charge >= 0.3 is 0 Å². The summed E-state index contributed by atoms with van der Waals surface area (Å²) in [6.07, 6.45) is 5.02. The lowest BCUT2D eigenvalue weighted by molar-refractivity contribution is 0.337. The number of nitrogens with zero attached hydrogens (tertiary/aromatic N) is 2. The molecule has 1 aliphatic rings. The Kier molecular flexibility index (Phi) is 4.39. The van der Waals surface area contributed by atoms with E-state index in [2.05, 4.69) is 20.2 Å². The summed E-state index contributed by atoms with van der Waals surface area (Å²) in [4.78, 5) is 20.1. The van der Waals surface area contributed by atoms with Gasteiger partial charge in [-0.15, -0.1) is 0 Å². The van der Waals surface area contributed by atoms with Crippen molar-refractivity contribution in [3.63, 3.8) is 0 Å². The molecule has 0 radical (unpaired) electrons. The SMILES string of the molecule is O=c1[nH]cnc(NCCCN2CCCC2)c1Cl. The first kappa shape index (κ1) is 12.4. The average Bonchev–Trinajstić information content (AvgIpc) is 2.83. The Balaban J connectivity index is 1.74. The van der Waals surface area contributed by atoms with E-state index in [0.717, 1.165) is 19.5 Å². The van der Waals surface area contributed by atoms with Crippen LogP contribution in [0.4, 0.5) is 5.82 Å². The quantitative estimate of drug-likeness (QED) is 0.780. The lowest BCUT2D eigenvalue weighted by Crippen LogP contribution is -2.22. The van der Waals surface area contributed by atoms with Crippen LogP contribution in [0.3, 0.4) is 0 Å². The number of hydrogen-bond acceptors (Lipinski definition) is 4. The van der Waals surface area contributed by atoms with Crippen LogP contribution in [-0.4, -0.2) is 41.0 Å². The second-order valence-corrected chi connectivity index (χ2v) is 4.60. The third-order valence-electron chi connectivity index (χ3n) is 2.94. The van der Waals surface area contributed by atoms with Crippen molar-refractivity contribution in [2.45, 2.75) is 19.3 Å². The molecule has 17 heavy (non-hydrogen) atoms. The molecule has 1 aromatic rings. The van der Waals surface area contributed by atoms with Crippen molar-refractivity contribution >= 4 is 17.4 Å². The topological polar surface area (TPSA) is 61.0 Å². The highest BCUT2D eigenvalue weighted by molar-refractivity contribution is 6.32. The number of hydrogen-bond donors (Lipinski definition) is 2. The van der Waals surface area contributed by atoms with E-state index < -0.39 is 0 Å². The Morgan fingerprint density at radius 2 is 2.24 bits per heavy atom. The highest BCUT2D eigenvalue weighted by Crippen LogP contribution is 2.12. The van der Waals surface area contributed by atoms with E-state index in [1.165, 1.54) is 32.3 Å². The number of anilines is 1. The van der Waals surface area contributed by atoms with Crippen LogP contribution in [0.25, 0.3) is 0 Å². The predicted molar refractivity (Wildman–Crippen MR) is 68.6 cm³/mol. The number of H-pyrrole nitrogens is 1. The molecular weight excluding hydrogens is 240 g/mol. The lowest BCUT2D eigenvalue weighted by atomic mass is 10.4. The van der Waals surface area contributed by atoms with Crippen LogP contribution in [0.5, 0.6) is 0 Å². The molecule has 0 saturated carbocycles. The van der Waals surface area contributed by atoms with Crippen LogP contribution in [-0.2, 0) is 0 Å². The van der Waals surface area contributed by atoms with E-state index >= 15 is 0 Å². The van der Waals surface area contributed by atoms with Gasteiger partial charge in [0.25, 0.3) is 5.56 Å². The minimum atomic E-state index is -0.302. The molecule has 5 nitrogen and oxygen atoms in total. The van der Waals surface area contributed by atoms with Gasteiger partial charge in [-0.1, -0.05) is 11.6 Å². The molecule has 1 fully saturated rings. The van der Waals surface area contributed by atoms with Gasteiger partial charge in [0, 0.05) is 6.54 Å². The summed E-state index contributed by atoms with van der Waals surface area (Å²) in [6, 6.07) is 0. The fourth-order valence-corrected chi connectivity index (χ4v) is 2.19. The fraction of sp³-hybridized carbons (Fsp3) is 0.636. The van der Waals surface area contributed by atoms with Crippen LogP contribution >= 0.6 is 11.6 Å². The van der Waals surface area contributed by atoms with Crippen LogP contribution < -0.4 is 10.9 Å². The average molecular weight is 257 g/mol. The van der Waals surface area contributed by atoms with Crippen LogP contribution in [0.2, 0.25) is 5.02 Å². The first-order valence-corrected chi connectivity index (χ1v) is 6.34. The van der Waals surface area contributed by atoms with Gasteiger partial charge in [0.1, 0.15) is 5.02 Å². The lowest BCUT2D eigenvalue weighted by Gasteiger charge is -2.14. The monoisotopic (exact) mass is 256 g/mol. The number of rotatable bonds is 5. The highest BCUT2D eigenvalue weighted by atomic mass is 35.5. The second-order valence-electron chi connectivity index (χ2n) is 4.22. The molecule has 0 aromatic carbocycles. The predicted octanol–water partition coefficient (Wildman–Crippen LogP) is 1.32. The molecule has 2 rings (SSSR count). The minimum absolute atomic E-state index is 0.133. The summed E-state index contributed by atoms with van der Waals surface area (Å²) in [7, 11) is 0. The van der Waals surface area contributed by atoms with E-state index in [-0.39, 0.29) is 10.6 Å². The van der Waals surface area contributed by atoms with Crippen molar-refractivity contribution in [2.24, 2.45) is 0 Å². The number of halogens is 1. The molecule has 6 heteroatoms. The van der Waals surface area contributed by atoms with Crippen molar-refractivity contribution in [1.29, 1.82) is 0 Å². The normalized spacial score (nSPS) is 16.3. The smallest absolute Gasteiger partial charge is 0.271 e. The molecule has 0 atom stereocenters. The fourth-order valence-electron chi connectivity index (χ4n) is 2.02. The first-order chi connectivity index (χ1) is 8.27. The minimum Gasteiger partial charge on any atom is -0.369 e. The summed E-state index contributed by atoms with van der Waals surface area (Å²) in [5, 5.41) is 3.22. The van der Waals surface area contributed by atoms with Gasteiger partial charge < -0.3 is 15.2 Å². The Hall–Kier alpha value is -1.07. The van der Waals surface area contributed by atoms with Gasteiger partial charge in [0.2, 0.25) is 0 Å². The summed E-state index contributed by atoms with van der Waals surface area (Å²) < 4.78 is 0. The zero-order valence-electron chi connectivity index (χ0n) is 9.71.